The summed E-state index contributed by atoms with van der Waals surface area (Å²) < 4.78 is 18.4. The number of rotatable bonds is 4. The van der Waals surface area contributed by atoms with Crippen LogP contribution >= 0.6 is 0 Å². The summed E-state index contributed by atoms with van der Waals surface area (Å²) in [6.07, 6.45) is 3.97. The summed E-state index contributed by atoms with van der Waals surface area (Å²) in [5, 5.41) is 11.0. The van der Waals surface area contributed by atoms with E-state index in [1.807, 2.05) is 0 Å². The number of likely N-dealkylation sites (tertiary alicyclic amines) is 1. The number of ether oxygens (including phenoxy) is 1. The molecule has 1 aromatic rings. The summed E-state index contributed by atoms with van der Waals surface area (Å²) >= 11 is 0. The van der Waals surface area contributed by atoms with Gasteiger partial charge in [0.15, 0.2) is 0 Å². The van der Waals surface area contributed by atoms with Gasteiger partial charge in [-0.2, -0.15) is 0 Å². The molecule has 1 aliphatic heterocycles. The summed E-state index contributed by atoms with van der Waals surface area (Å²) in [6.45, 7) is 2.44. The summed E-state index contributed by atoms with van der Waals surface area (Å²) in [5.74, 6) is -2.04. The average Bonchev–Trinajstić information content (AvgIpc) is 2.97. The minimum Gasteiger partial charge on any atom is -0.419 e. The van der Waals surface area contributed by atoms with E-state index in [0.717, 1.165) is 43.9 Å². The molecule has 1 aliphatic carbocycles. The number of hydrogen-bond donors (Lipinski definition) is 0. The van der Waals surface area contributed by atoms with Gasteiger partial charge in [0.05, 0.1) is 10.8 Å². The molecule has 26 heavy (non-hydrogen) atoms. The van der Waals surface area contributed by atoms with Crippen LogP contribution in [0.3, 0.4) is 0 Å². The van der Waals surface area contributed by atoms with E-state index in [1.54, 1.807) is 4.90 Å². The summed E-state index contributed by atoms with van der Waals surface area (Å²) in [7, 11) is 0. The minimum absolute atomic E-state index is 0.0218. The Hall–Kier alpha value is -2.51. The molecule has 3 rings (SSSR count). The quantitative estimate of drug-likeness (QED) is 0.354. The molecule has 0 spiro atoms. The molecule has 7 nitrogen and oxygen atoms in total. The van der Waals surface area contributed by atoms with Crippen molar-refractivity contribution in [2.24, 2.45) is 11.8 Å². The van der Waals surface area contributed by atoms with Crippen LogP contribution in [-0.4, -0.2) is 34.3 Å². The third-order valence-corrected chi connectivity index (χ3v) is 5.25. The van der Waals surface area contributed by atoms with Gasteiger partial charge in [0, 0.05) is 31.1 Å². The van der Waals surface area contributed by atoms with Crippen molar-refractivity contribution in [1.82, 2.24) is 4.90 Å². The summed E-state index contributed by atoms with van der Waals surface area (Å²) in [4.78, 5) is 36.7. The third-order valence-electron chi connectivity index (χ3n) is 5.25. The molecule has 8 heteroatoms. The first-order chi connectivity index (χ1) is 12.3. The monoisotopic (exact) mass is 364 g/mol. The second-order valence-electron chi connectivity index (χ2n) is 7.15. The van der Waals surface area contributed by atoms with Crippen molar-refractivity contribution in [2.45, 2.75) is 45.1 Å². The molecule has 1 heterocycles. The molecular formula is C18H21FN2O5. The van der Waals surface area contributed by atoms with Gasteiger partial charge in [0.2, 0.25) is 11.7 Å². The molecule has 0 bridgehead atoms. The average molecular weight is 364 g/mol. The Balaban J connectivity index is 1.67. The molecule has 140 valence electrons. The molecule has 0 aromatic heterocycles. The Kier molecular flexibility index (Phi) is 5.20. The van der Waals surface area contributed by atoms with Crippen LogP contribution in [0, 0.1) is 27.8 Å². The van der Waals surface area contributed by atoms with Gasteiger partial charge in [-0.25, -0.2) is 4.39 Å². The first-order valence-corrected chi connectivity index (χ1v) is 8.80. The largest absolute Gasteiger partial charge is 0.419 e. The van der Waals surface area contributed by atoms with E-state index in [9.17, 15) is 24.1 Å². The van der Waals surface area contributed by atoms with Gasteiger partial charge >= 0.3 is 11.7 Å². The molecular weight excluding hydrogens is 343 g/mol. The topological polar surface area (TPSA) is 89.8 Å². The van der Waals surface area contributed by atoms with Crippen molar-refractivity contribution in [3.8, 4) is 5.75 Å². The first kappa shape index (κ1) is 18.3. The van der Waals surface area contributed by atoms with Gasteiger partial charge in [0.1, 0.15) is 5.82 Å². The SMILES string of the molecule is CC1CCC(N2CC(C(=O)Oc3cc(F)ccc3[N+](=O)[O-])CC2=O)CC1. The van der Waals surface area contributed by atoms with E-state index in [4.69, 9.17) is 4.74 Å². The van der Waals surface area contributed by atoms with Crippen LogP contribution in [0.15, 0.2) is 18.2 Å². The Morgan fingerprint density at radius 2 is 2.00 bits per heavy atom. The van der Waals surface area contributed by atoms with Crippen molar-refractivity contribution in [2.75, 3.05) is 6.54 Å². The lowest BCUT2D eigenvalue weighted by molar-refractivity contribution is -0.385. The van der Waals surface area contributed by atoms with Gasteiger partial charge in [-0.3, -0.25) is 19.7 Å². The fraction of sp³-hybridized carbons (Fsp3) is 0.556. The Morgan fingerprint density at radius 3 is 2.65 bits per heavy atom. The highest BCUT2D eigenvalue weighted by atomic mass is 19.1. The lowest BCUT2D eigenvalue weighted by atomic mass is 9.87. The number of nitro benzene ring substituents is 1. The zero-order valence-electron chi connectivity index (χ0n) is 14.5. The minimum atomic E-state index is -0.739. The van der Waals surface area contributed by atoms with Crippen molar-refractivity contribution < 1.29 is 23.6 Å². The van der Waals surface area contributed by atoms with Gasteiger partial charge in [-0.05, 0) is 37.7 Å². The number of esters is 1. The van der Waals surface area contributed by atoms with Crippen LogP contribution < -0.4 is 4.74 Å². The lowest BCUT2D eigenvalue weighted by Gasteiger charge is -2.33. The molecule has 1 saturated carbocycles. The second kappa shape index (κ2) is 7.39. The zero-order valence-corrected chi connectivity index (χ0v) is 14.5. The van der Waals surface area contributed by atoms with Gasteiger partial charge in [-0.15, -0.1) is 0 Å². The molecule has 1 atom stereocenters. The normalized spacial score (nSPS) is 26.0. The standard InChI is InChI=1S/C18H21FN2O5/c1-11-2-5-14(6-3-11)20-10-12(8-17(20)22)18(23)26-16-9-13(19)4-7-15(16)21(24)25/h4,7,9,11-12,14H,2-3,5-6,8,10H2,1H3. The molecule has 1 amide bonds. The predicted octanol–water partition coefficient (Wildman–Crippen LogP) is 3.07. The maximum absolute atomic E-state index is 13.4. The highest BCUT2D eigenvalue weighted by Crippen LogP contribution is 2.33. The van der Waals surface area contributed by atoms with Gasteiger partial charge in [-0.1, -0.05) is 6.92 Å². The van der Waals surface area contributed by atoms with Crippen molar-refractivity contribution in [3.63, 3.8) is 0 Å². The molecule has 0 N–H and O–H groups in total. The number of hydrogen-bond acceptors (Lipinski definition) is 5. The number of benzene rings is 1. The lowest BCUT2D eigenvalue weighted by Crippen LogP contribution is -2.39. The van der Waals surface area contributed by atoms with E-state index in [2.05, 4.69) is 6.92 Å². The fourth-order valence-electron chi connectivity index (χ4n) is 3.71. The number of carbonyl (C=O) groups is 2. The molecule has 0 radical (unpaired) electrons. The van der Waals surface area contributed by atoms with E-state index in [1.165, 1.54) is 0 Å². The van der Waals surface area contributed by atoms with Crippen LogP contribution in [0.2, 0.25) is 0 Å². The highest BCUT2D eigenvalue weighted by Gasteiger charge is 2.40. The Labute approximate surface area is 150 Å². The summed E-state index contributed by atoms with van der Waals surface area (Å²) in [6, 6.07) is 2.83. The van der Waals surface area contributed by atoms with E-state index in [0.29, 0.717) is 5.92 Å². The van der Waals surface area contributed by atoms with Crippen LogP contribution in [0.1, 0.15) is 39.0 Å². The van der Waals surface area contributed by atoms with Gasteiger partial charge < -0.3 is 9.64 Å². The third kappa shape index (κ3) is 3.84. The van der Waals surface area contributed by atoms with E-state index >= 15 is 0 Å². The highest BCUT2D eigenvalue weighted by molar-refractivity contribution is 5.88. The van der Waals surface area contributed by atoms with Crippen LogP contribution in [0.25, 0.3) is 0 Å². The van der Waals surface area contributed by atoms with Gasteiger partial charge in [0.25, 0.3) is 0 Å². The first-order valence-electron chi connectivity index (χ1n) is 8.80. The van der Waals surface area contributed by atoms with Crippen LogP contribution in [0.4, 0.5) is 10.1 Å². The number of nitro groups is 1. The number of amides is 1. The number of halogens is 1. The summed E-state index contributed by atoms with van der Waals surface area (Å²) in [5.41, 5.74) is -0.484. The zero-order chi connectivity index (χ0) is 18.8. The van der Waals surface area contributed by atoms with E-state index < -0.39 is 34.1 Å². The van der Waals surface area contributed by atoms with Crippen molar-refractivity contribution >= 4 is 17.6 Å². The molecule has 2 fully saturated rings. The number of nitrogens with zero attached hydrogens (tertiary/aromatic N) is 2. The van der Waals surface area contributed by atoms with E-state index in [-0.39, 0.29) is 24.9 Å². The van der Waals surface area contributed by atoms with Crippen LogP contribution in [0.5, 0.6) is 5.75 Å². The second-order valence-corrected chi connectivity index (χ2v) is 7.15. The smallest absolute Gasteiger partial charge is 0.316 e. The molecule has 1 aromatic carbocycles. The van der Waals surface area contributed by atoms with Crippen LogP contribution in [-0.2, 0) is 9.59 Å². The molecule has 2 aliphatic rings. The molecule has 1 saturated heterocycles. The Morgan fingerprint density at radius 1 is 1.31 bits per heavy atom. The van der Waals surface area contributed by atoms with Crippen molar-refractivity contribution in [3.05, 3.63) is 34.1 Å². The maximum atomic E-state index is 13.4. The predicted molar refractivity (Wildman–Crippen MR) is 89.9 cm³/mol. The maximum Gasteiger partial charge on any atom is 0.316 e. The molecule has 1 unspecified atom stereocenters. The van der Waals surface area contributed by atoms with Crippen molar-refractivity contribution in [1.29, 1.82) is 0 Å². The fourth-order valence-corrected chi connectivity index (χ4v) is 3.71. The Bertz CT molecular complexity index is 730. The number of carbonyl (C=O) groups excluding carboxylic acids is 2.